The minimum Gasteiger partial charge on any atom is -0.257 e. The van der Waals surface area contributed by atoms with E-state index >= 15 is 0 Å². The Kier molecular flexibility index (Phi) is 3.30. The third-order valence-corrected chi connectivity index (χ3v) is 5.89. The highest BCUT2D eigenvalue weighted by molar-refractivity contribution is 7.84. The lowest BCUT2D eigenvalue weighted by Crippen LogP contribution is -2.07. The van der Waals surface area contributed by atoms with Gasteiger partial charge in [0.2, 0.25) is 5.16 Å². The maximum absolute atomic E-state index is 11.9. The van der Waals surface area contributed by atoms with E-state index < -0.39 is 10.8 Å². The molecule has 22 heavy (non-hydrogen) atoms. The van der Waals surface area contributed by atoms with E-state index in [4.69, 9.17) is 0 Å². The first-order chi connectivity index (χ1) is 10.6. The Morgan fingerprint density at radius 2 is 2.09 bits per heavy atom. The lowest BCUT2D eigenvalue weighted by molar-refractivity contribution is 0.674. The molecule has 1 aliphatic carbocycles. The molecule has 3 heterocycles. The fraction of sp³-hybridized carbons (Fsp3) is 0.429. The van der Waals surface area contributed by atoms with E-state index in [1.54, 1.807) is 28.5 Å². The van der Waals surface area contributed by atoms with Gasteiger partial charge >= 0.3 is 0 Å². The molecule has 0 aromatic carbocycles. The van der Waals surface area contributed by atoms with Crippen molar-refractivity contribution in [3.63, 3.8) is 0 Å². The van der Waals surface area contributed by atoms with Crippen molar-refractivity contribution in [1.82, 2.24) is 24.7 Å². The van der Waals surface area contributed by atoms with E-state index in [2.05, 4.69) is 20.2 Å². The molecule has 4 rings (SSSR count). The second kappa shape index (κ2) is 5.20. The molecule has 0 saturated carbocycles. The first-order valence-electron chi connectivity index (χ1n) is 7.18. The minimum atomic E-state index is -1.22. The van der Waals surface area contributed by atoms with Crippen molar-refractivity contribution in [1.29, 1.82) is 0 Å². The van der Waals surface area contributed by atoms with Gasteiger partial charge in [0.1, 0.15) is 17.0 Å². The molecule has 0 N–H and O–H groups in total. The average molecular weight is 333 g/mol. The normalized spacial score (nSPS) is 15.9. The Balaban J connectivity index is 2.06. The lowest BCUT2D eigenvalue weighted by atomic mass is 9.97. The predicted molar refractivity (Wildman–Crippen MR) is 86.0 cm³/mol. The molecule has 0 unspecified atom stereocenters. The first-order valence-corrected chi connectivity index (χ1v) is 9.55. The third kappa shape index (κ3) is 2.09. The molecule has 0 spiro atoms. The zero-order valence-electron chi connectivity index (χ0n) is 12.4. The number of thiophene rings is 1. The number of nitrogens with zero attached hydrogens (tertiary/aromatic N) is 5. The Hall–Kier alpha value is -1.67. The molecule has 8 heteroatoms. The van der Waals surface area contributed by atoms with Crippen molar-refractivity contribution in [2.75, 3.05) is 6.26 Å². The highest BCUT2D eigenvalue weighted by atomic mass is 32.2. The SMILES string of the molecule is Cc1nc(-n2cnnc2[S@@](C)=O)c2c3c(sc2n1)CCCC3. The number of rotatable bonds is 2. The van der Waals surface area contributed by atoms with Crippen LogP contribution in [0.25, 0.3) is 16.0 Å². The number of aryl methyl sites for hydroxylation is 3. The van der Waals surface area contributed by atoms with Crippen molar-refractivity contribution in [3.05, 3.63) is 22.6 Å². The average Bonchev–Trinajstić information content (AvgIpc) is 3.10. The number of hydrogen-bond donors (Lipinski definition) is 0. The number of fused-ring (bicyclic) bond motifs is 3. The van der Waals surface area contributed by atoms with E-state index in [9.17, 15) is 4.21 Å². The molecule has 1 aliphatic rings. The highest BCUT2D eigenvalue weighted by Gasteiger charge is 2.23. The van der Waals surface area contributed by atoms with E-state index in [1.807, 2.05) is 6.92 Å². The smallest absolute Gasteiger partial charge is 0.226 e. The van der Waals surface area contributed by atoms with Gasteiger partial charge in [0.15, 0.2) is 5.82 Å². The summed E-state index contributed by atoms with van der Waals surface area (Å²) in [7, 11) is -1.22. The summed E-state index contributed by atoms with van der Waals surface area (Å²) in [4.78, 5) is 11.6. The number of hydrogen-bond acceptors (Lipinski definition) is 6. The fourth-order valence-electron chi connectivity index (χ4n) is 2.98. The van der Waals surface area contributed by atoms with Gasteiger partial charge in [0, 0.05) is 11.1 Å². The maximum Gasteiger partial charge on any atom is 0.226 e. The second-order valence-corrected chi connectivity index (χ2v) is 7.78. The van der Waals surface area contributed by atoms with Crippen LogP contribution in [-0.2, 0) is 23.6 Å². The molecular weight excluding hydrogens is 318 g/mol. The summed E-state index contributed by atoms with van der Waals surface area (Å²) >= 11 is 1.76. The summed E-state index contributed by atoms with van der Waals surface area (Å²) < 4.78 is 13.6. The van der Waals surface area contributed by atoms with Crippen LogP contribution >= 0.6 is 11.3 Å². The van der Waals surface area contributed by atoms with Crippen molar-refractivity contribution in [2.24, 2.45) is 0 Å². The monoisotopic (exact) mass is 333 g/mol. The summed E-state index contributed by atoms with van der Waals surface area (Å²) in [6.07, 6.45) is 7.80. The van der Waals surface area contributed by atoms with Crippen molar-refractivity contribution < 1.29 is 4.21 Å². The van der Waals surface area contributed by atoms with Gasteiger partial charge in [-0.25, -0.2) is 9.97 Å². The topological polar surface area (TPSA) is 73.6 Å². The van der Waals surface area contributed by atoms with Crippen LogP contribution in [0.1, 0.15) is 29.1 Å². The summed E-state index contributed by atoms with van der Waals surface area (Å²) in [6.45, 7) is 1.88. The molecule has 0 bridgehead atoms. The fourth-order valence-corrected chi connectivity index (χ4v) is 4.86. The molecule has 0 fully saturated rings. The second-order valence-electron chi connectivity index (χ2n) is 5.42. The van der Waals surface area contributed by atoms with Crippen LogP contribution in [0.15, 0.2) is 11.5 Å². The van der Waals surface area contributed by atoms with Crippen LogP contribution in [0.3, 0.4) is 0 Å². The van der Waals surface area contributed by atoms with Gasteiger partial charge in [-0.3, -0.25) is 8.78 Å². The van der Waals surface area contributed by atoms with E-state index in [0.29, 0.717) is 11.0 Å². The van der Waals surface area contributed by atoms with Gasteiger partial charge in [0.25, 0.3) is 0 Å². The van der Waals surface area contributed by atoms with Crippen LogP contribution in [-0.4, -0.2) is 35.2 Å². The Morgan fingerprint density at radius 1 is 1.27 bits per heavy atom. The van der Waals surface area contributed by atoms with Gasteiger partial charge in [0.05, 0.1) is 16.2 Å². The third-order valence-electron chi connectivity index (χ3n) is 3.91. The maximum atomic E-state index is 11.9. The molecule has 114 valence electrons. The highest BCUT2D eigenvalue weighted by Crippen LogP contribution is 2.38. The van der Waals surface area contributed by atoms with Crippen molar-refractivity contribution >= 4 is 32.4 Å². The molecule has 1 atom stereocenters. The van der Waals surface area contributed by atoms with Gasteiger partial charge in [-0.1, -0.05) is 0 Å². The molecular formula is C14H15N5OS2. The summed E-state index contributed by atoms with van der Waals surface area (Å²) in [6, 6.07) is 0. The number of aromatic nitrogens is 5. The first kappa shape index (κ1) is 14.0. The van der Waals surface area contributed by atoms with E-state index in [0.717, 1.165) is 28.9 Å². The molecule has 6 nitrogen and oxygen atoms in total. The van der Waals surface area contributed by atoms with Crippen molar-refractivity contribution in [2.45, 2.75) is 37.8 Å². The van der Waals surface area contributed by atoms with Gasteiger partial charge in [-0.15, -0.1) is 21.5 Å². The van der Waals surface area contributed by atoms with E-state index in [1.165, 1.54) is 23.3 Å². The lowest BCUT2D eigenvalue weighted by Gasteiger charge is -2.12. The van der Waals surface area contributed by atoms with Gasteiger partial charge in [-0.2, -0.15) is 0 Å². The van der Waals surface area contributed by atoms with Crippen LogP contribution in [0.4, 0.5) is 0 Å². The van der Waals surface area contributed by atoms with Gasteiger partial charge < -0.3 is 0 Å². The summed E-state index contributed by atoms with van der Waals surface area (Å²) in [5, 5.41) is 9.40. The van der Waals surface area contributed by atoms with Crippen molar-refractivity contribution in [3.8, 4) is 5.82 Å². The van der Waals surface area contributed by atoms with Crippen LogP contribution in [0, 0.1) is 6.92 Å². The Bertz CT molecular complexity index is 898. The largest absolute Gasteiger partial charge is 0.257 e. The summed E-state index contributed by atoms with van der Waals surface area (Å²) in [5.41, 5.74) is 1.35. The molecule has 3 aromatic rings. The van der Waals surface area contributed by atoms with E-state index in [-0.39, 0.29) is 0 Å². The quantitative estimate of drug-likeness (QED) is 0.719. The Labute approximate surface area is 134 Å². The summed E-state index contributed by atoms with van der Waals surface area (Å²) in [5.74, 6) is 1.47. The van der Waals surface area contributed by atoms with Gasteiger partial charge in [-0.05, 0) is 38.2 Å². The van der Waals surface area contributed by atoms with Crippen LogP contribution < -0.4 is 0 Å². The van der Waals surface area contributed by atoms with Crippen LogP contribution in [0.5, 0.6) is 0 Å². The molecule has 3 aromatic heterocycles. The van der Waals surface area contributed by atoms with Crippen LogP contribution in [0.2, 0.25) is 0 Å². The zero-order chi connectivity index (χ0) is 15.3. The molecule has 0 amide bonds. The zero-order valence-corrected chi connectivity index (χ0v) is 14.0. The Morgan fingerprint density at radius 3 is 2.91 bits per heavy atom. The molecule has 0 radical (unpaired) electrons. The molecule has 0 saturated heterocycles. The standard InChI is InChI=1S/C14H15N5OS2/c1-8-16-12(19-7-15-18-14(19)22(2)20)11-9-5-3-4-6-10(9)21-13(11)17-8/h7H,3-6H2,1-2H3/t22-/m1/s1. The predicted octanol–water partition coefficient (Wildman–Crippen LogP) is 2.20. The molecule has 0 aliphatic heterocycles. The minimum absolute atomic E-state index is 0.426.